The minimum atomic E-state index is -0.150. The van der Waals surface area contributed by atoms with E-state index in [0.717, 1.165) is 11.3 Å². The van der Waals surface area contributed by atoms with Gasteiger partial charge in [-0.25, -0.2) is 0 Å². The summed E-state index contributed by atoms with van der Waals surface area (Å²) >= 11 is 0. The lowest BCUT2D eigenvalue weighted by Crippen LogP contribution is -2.52. The van der Waals surface area contributed by atoms with Crippen molar-refractivity contribution in [2.75, 3.05) is 0 Å². The van der Waals surface area contributed by atoms with Gasteiger partial charge in [0, 0.05) is 36.9 Å². The first kappa shape index (κ1) is 27.3. The Morgan fingerprint density at radius 2 is 1.30 bits per heavy atom. The van der Waals surface area contributed by atoms with Crippen LogP contribution >= 0.6 is 0 Å². The average Bonchev–Trinajstić information content (AvgIpc) is 2.94. The standard InChI is InChI=1S/C30H48N2O/c1-20(33)32-19-22(28(5,6)7)15-17-24(30(11,12)13)26(32)25-23(29(8,9)10)16-14-21(18-31-25)27(2,3)4/h14-19,23-24,26H,1-13H3/t23-,24+,26+/m0/s1. The summed E-state index contributed by atoms with van der Waals surface area (Å²) in [5, 5.41) is 0. The molecule has 3 nitrogen and oxygen atoms in total. The summed E-state index contributed by atoms with van der Waals surface area (Å²) in [4.78, 5) is 20.4. The molecular weight excluding hydrogens is 404 g/mol. The van der Waals surface area contributed by atoms with Crippen LogP contribution in [0.5, 0.6) is 0 Å². The van der Waals surface area contributed by atoms with E-state index in [9.17, 15) is 4.79 Å². The van der Waals surface area contributed by atoms with Crippen molar-refractivity contribution >= 4 is 11.6 Å². The van der Waals surface area contributed by atoms with E-state index < -0.39 is 0 Å². The second kappa shape index (κ2) is 9.04. The number of aliphatic imine (C=N–C) groups is 1. The van der Waals surface area contributed by atoms with Crippen LogP contribution in [-0.4, -0.2) is 22.6 Å². The third-order valence-electron chi connectivity index (χ3n) is 6.87. The average molecular weight is 453 g/mol. The van der Waals surface area contributed by atoms with Crippen LogP contribution in [0.2, 0.25) is 0 Å². The highest BCUT2D eigenvalue weighted by molar-refractivity contribution is 5.98. The predicted octanol–water partition coefficient (Wildman–Crippen LogP) is 7.97. The smallest absolute Gasteiger partial charge is 0.224 e. The molecule has 0 radical (unpaired) electrons. The number of nitrogens with zero attached hydrogens (tertiary/aromatic N) is 2. The second-order valence-electron chi connectivity index (χ2n) is 14.0. The highest BCUT2D eigenvalue weighted by Crippen LogP contribution is 2.43. The first-order chi connectivity index (χ1) is 14.7. The molecule has 0 unspecified atom stereocenters. The highest BCUT2D eigenvalue weighted by Gasteiger charge is 2.44. The number of hydrogen-bond donors (Lipinski definition) is 0. The molecule has 0 spiro atoms. The van der Waals surface area contributed by atoms with Gasteiger partial charge in [0.15, 0.2) is 0 Å². The van der Waals surface area contributed by atoms with Gasteiger partial charge in [0.1, 0.15) is 0 Å². The van der Waals surface area contributed by atoms with Gasteiger partial charge < -0.3 is 4.90 Å². The van der Waals surface area contributed by atoms with Gasteiger partial charge in [0.05, 0.1) is 6.04 Å². The first-order valence-corrected chi connectivity index (χ1v) is 12.4. The molecule has 0 aliphatic carbocycles. The van der Waals surface area contributed by atoms with Crippen molar-refractivity contribution in [1.29, 1.82) is 0 Å². The largest absolute Gasteiger partial charge is 0.310 e. The number of rotatable bonds is 1. The van der Waals surface area contributed by atoms with Gasteiger partial charge in [-0.2, -0.15) is 0 Å². The molecule has 0 aromatic heterocycles. The SMILES string of the molecule is CC(=O)N1C=C(C(C)(C)C)C=C[C@@H](C(C)(C)C)[C@@H]1C1=NC=C(C(C)(C)C)C=C[C@@H]1C(C)(C)C. The predicted molar refractivity (Wildman–Crippen MR) is 143 cm³/mol. The molecule has 184 valence electrons. The van der Waals surface area contributed by atoms with E-state index in [1.165, 1.54) is 5.57 Å². The number of carbonyl (C=O) groups excluding carboxylic acids is 1. The molecule has 0 aromatic rings. The van der Waals surface area contributed by atoms with Crippen LogP contribution in [0.1, 0.15) is 90.0 Å². The Hall–Kier alpha value is -1.90. The molecule has 0 N–H and O–H groups in total. The highest BCUT2D eigenvalue weighted by atomic mass is 16.2. The van der Waals surface area contributed by atoms with Crippen LogP contribution in [0.4, 0.5) is 0 Å². The summed E-state index contributed by atoms with van der Waals surface area (Å²) < 4.78 is 0. The normalized spacial score (nSPS) is 25.2. The number of hydrogen-bond acceptors (Lipinski definition) is 2. The van der Waals surface area contributed by atoms with Crippen molar-refractivity contribution in [2.24, 2.45) is 38.5 Å². The molecular formula is C30H48N2O. The monoisotopic (exact) mass is 452 g/mol. The maximum absolute atomic E-state index is 13.2. The minimum Gasteiger partial charge on any atom is -0.310 e. The van der Waals surface area contributed by atoms with Gasteiger partial charge in [-0.15, -0.1) is 0 Å². The second-order valence-corrected chi connectivity index (χ2v) is 14.0. The van der Waals surface area contributed by atoms with Crippen molar-refractivity contribution < 1.29 is 4.79 Å². The molecule has 3 heteroatoms. The Morgan fingerprint density at radius 3 is 1.73 bits per heavy atom. The summed E-state index contributed by atoms with van der Waals surface area (Å²) in [6, 6.07) is -0.150. The Labute approximate surface area is 203 Å². The van der Waals surface area contributed by atoms with E-state index in [1.807, 2.05) is 11.1 Å². The molecule has 2 heterocycles. The molecule has 0 bridgehead atoms. The van der Waals surface area contributed by atoms with Crippen molar-refractivity contribution in [2.45, 2.75) is 96.1 Å². The molecule has 0 saturated carbocycles. The fourth-order valence-corrected chi connectivity index (χ4v) is 4.58. The molecule has 0 fully saturated rings. The van der Waals surface area contributed by atoms with Gasteiger partial charge in [-0.05, 0) is 32.8 Å². The zero-order chi connectivity index (χ0) is 25.6. The van der Waals surface area contributed by atoms with Gasteiger partial charge in [0.25, 0.3) is 0 Å². The summed E-state index contributed by atoms with van der Waals surface area (Å²) in [7, 11) is 0. The van der Waals surface area contributed by atoms with Crippen molar-refractivity contribution in [3.63, 3.8) is 0 Å². The molecule has 3 atom stereocenters. The molecule has 2 aliphatic heterocycles. The third-order valence-corrected chi connectivity index (χ3v) is 6.87. The fraction of sp³-hybridized carbons (Fsp3) is 0.667. The molecule has 2 rings (SSSR count). The maximum Gasteiger partial charge on any atom is 0.224 e. The van der Waals surface area contributed by atoms with Crippen LogP contribution < -0.4 is 0 Å². The summed E-state index contributed by atoms with van der Waals surface area (Å²) in [6.07, 6.45) is 13.3. The van der Waals surface area contributed by atoms with E-state index in [0.29, 0.717) is 0 Å². The fourth-order valence-electron chi connectivity index (χ4n) is 4.58. The molecule has 0 saturated heterocycles. The van der Waals surface area contributed by atoms with Crippen LogP contribution in [0, 0.1) is 33.5 Å². The Balaban J connectivity index is 2.86. The zero-order valence-electron chi connectivity index (χ0n) is 23.5. The van der Waals surface area contributed by atoms with Gasteiger partial charge >= 0.3 is 0 Å². The van der Waals surface area contributed by atoms with Crippen LogP contribution in [0.3, 0.4) is 0 Å². The lowest BCUT2D eigenvalue weighted by atomic mass is 9.68. The number of carbonyl (C=O) groups is 1. The van der Waals surface area contributed by atoms with Crippen LogP contribution in [0.25, 0.3) is 0 Å². The topological polar surface area (TPSA) is 32.7 Å². The van der Waals surface area contributed by atoms with Crippen molar-refractivity contribution in [3.05, 3.63) is 47.9 Å². The zero-order valence-corrected chi connectivity index (χ0v) is 23.5. The summed E-state index contributed by atoms with van der Waals surface area (Å²) in [6.45, 7) is 28.6. The summed E-state index contributed by atoms with van der Waals surface area (Å²) in [5.41, 5.74) is 3.31. The van der Waals surface area contributed by atoms with Crippen molar-refractivity contribution in [1.82, 2.24) is 4.90 Å². The molecule has 0 aromatic carbocycles. The molecule has 33 heavy (non-hydrogen) atoms. The lowest BCUT2D eigenvalue weighted by Gasteiger charge is -2.43. The Bertz CT molecular complexity index is 899. The first-order valence-electron chi connectivity index (χ1n) is 12.4. The Kier molecular flexibility index (Phi) is 7.49. The molecule has 2 aliphatic rings. The van der Waals surface area contributed by atoms with E-state index in [4.69, 9.17) is 4.99 Å². The minimum absolute atomic E-state index is 0.00421. The van der Waals surface area contributed by atoms with E-state index in [1.54, 1.807) is 6.92 Å². The number of amides is 1. The Morgan fingerprint density at radius 1 is 0.788 bits per heavy atom. The van der Waals surface area contributed by atoms with E-state index in [-0.39, 0.29) is 45.4 Å². The third kappa shape index (κ3) is 6.37. The number of allylic oxidation sites excluding steroid dienone is 5. The van der Waals surface area contributed by atoms with Crippen LogP contribution in [-0.2, 0) is 4.79 Å². The van der Waals surface area contributed by atoms with Gasteiger partial charge in [-0.3, -0.25) is 9.79 Å². The van der Waals surface area contributed by atoms with E-state index in [2.05, 4.69) is 114 Å². The molecule has 1 amide bonds. The van der Waals surface area contributed by atoms with Crippen molar-refractivity contribution in [3.8, 4) is 0 Å². The van der Waals surface area contributed by atoms with Gasteiger partial charge in [0.2, 0.25) is 5.91 Å². The van der Waals surface area contributed by atoms with E-state index >= 15 is 0 Å². The lowest BCUT2D eigenvalue weighted by molar-refractivity contribution is -0.128. The quantitative estimate of drug-likeness (QED) is 0.397. The van der Waals surface area contributed by atoms with Gasteiger partial charge in [-0.1, -0.05) is 107 Å². The maximum atomic E-state index is 13.2. The summed E-state index contributed by atoms with van der Waals surface area (Å²) in [5.74, 6) is 0.297. The van der Waals surface area contributed by atoms with Crippen LogP contribution in [0.15, 0.2) is 52.8 Å².